The highest BCUT2D eigenvalue weighted by molar-refractivity contribution is 8.00. The number of alkyl halides is 7. The monoisotopic (exact) mass is 259 g/mol. The topological polar surface area (TPSA) is 12.0 Å². The van der Waals surface area contributed by atoms with E-state index in [1.54, 1.807) is 0 Å². The standard InChI is InChI=1S/C6H8F7NS/c7-4(8)5(9,10)3-14-1-2-15-6(11,12)13/h4,14H,1-3H2. The number of nitrogens with one attached hydrogen (secondary N) is 1. The predicted molar refractivity (Wildman–Crippen MR) is 42.3 cm³/mol. The van der Waals surface area contributed by atoms with Gasteiger partial charge in [-0.15, -0.1) is 0 Å². The van der Waals surface area contributed by atoms with Gasteiger partial charge in [-0.3, -0.25) is 0 Å². The van der Waals surface area contributed by atoms with Crippen molar-refractivity contribution in [2.75, 3.05) is 18.8 Å². The Morgan fingerprint density at radius 3 is 2.00 bits per heavy atom. The fourth-order valence-electron chi connectivity index (χ4n) is 0.571. The average Bonchev–Trinajstić information content (AvgIpc) is 2.00. The summed E-state index contributed by atoms with van der Waals surface area (Å²) in [5.74, 6) is -4.70. The van der Waals surface area contributed by atoms with E-state index in [1.807, 2.05) is 5.32 Å². The quantitative estimate of drug-likeness (QED) is 0.581. The second-order valence-corrected chi connectivity index (χ2v) is 3.69. The first kappa shape index (κ1) is 14.8. The fourth-order valence-corrected chi connectivity index (χ4v) is 1.05. The summed E-state index contributed by atoms with van der Waals surface area (Å²) in [5.41, 5.74) is -4.44. The first-order valence-corrected chi connectivity index (χ1v) is 4.71. The molecule has 0 fully saturated rings. The highest BCUT2D eigenvalue weighted by Gasteiger charge is 2.40. The van der Waals surface area contributed by atoms with Gasteiger partial charge in [-0.2, -0.15) is 22.0 Å². The van der Waals surface area contributed by atoms with Gasteiger partial charge in [0.25, 0.3) is 0 Å². The van der Waals surface area contributed by atoms with E-state index in [1.165, 1.54) is 0 Å². The minimum Gasteiger partial charge on any atom is -0.310 e. The summed E-state index contributed by atoms with van der Waals surface area (Å²) in [6.07, 6.45) is -3.82. The Morgan fingerprint density at radius 2 is 1.60 bits per heavy atom. The molecule has 1 nitrogen and oxygen atoms in total. The number of halogens is 7. The summed E-state index contributed by atoms with van der Waals surface area (Å²) in [5, 5.41) is 1.83. The molecule has 0 aliphatic heterocycles. The van der Waals surface area contributed by atoms with Gasteiger partial charge in [0, 0.05) is 12.3 Å². The molecule has 0 aromatic rings. The Morgan fingerprint density at radius 1 is 1.07 bits per heavy atom. The van der Waals surface area contributed by atoms with Crippen LogP contribution in [0.3, 0.4) is 0 Å². The minimum absolute atomic E-state index is 0.402. The van der Waals surface area contributed by atoms with E-state index in [2.05, 4.69) is 0 Å². The molecule has 0 saturated carbocycles. The Hall–Kier alpha value is -0.180. The molecule has 0 spiro atoms. The molecule has 0 aromatic heterocycles. The third-order valence-corrected chi connectivity index (χ3v) is 1.96. The molecule has 0 aliphatic rings. The maximum Gasteiger partial charge on any atom is 0.441 e. The summed E-state index contributed by atoms with van der Waals surface area (Å²) in [4.78, 5) is 0. The highest BCUT2D eigenvalue weighted by Crippen LogP contribution is 2.29. The molecule has 1 N–H and O–H groups in total. The van der Waals surface area contributed by atoms with Crippen LogP contribution in [0.4, 0.5) is 30.7 Å². The van der Waals surface area contributed by atoms with Crippen LogP contribution in [0.2, 0.25) is 0 Å². The van der Waals surface area contributed by atoms with Crippen LogP contribution >= 0.6 is 11.8 Å². The first-order valence-electron chi connectivity index (χ1n) is 3.72. The molecule has 0 heterocycles. The zero-order valence-corrected chi connectivity index (χ0v) is 8.07. The summed E-state index contributed by atoms with van der Waals surface area (Å²) in [6.45, 7) is -1.74. The Bertz CT molecular complexity index is 181. The second kappa shape index (κ2) is 5.78. The molecule has 0 rings (SSSR count). The van der Waals surface area contributed by atoms with E-state index in [-0.39, 0.29) is 0 Å². The van der Waals surface area contributed by atoms with Crippen molar-refractivity contribution in [3.8, 4) is 0 Å². The SMILES string of the molecule is FC(F)C(F)(F)CNCCSC(F)(F)F. The smallest absolute Gasteiger partial charge is 0.310 e. The van der Waals surface area contributed by atoms with Crippen LogP contribution in [0.25, 0.3) is 0 Å². The second-order valence-electron chi connectivity index (χ2n) is 2.53. The molecular formula is C6H8F7NS. The summed E-state index contributed by atoms with van der Waals surface area (Å²) in [7, 11) is 0. The molecule has 0 bridgehead atoms. The number of hydrogen-bond donors (Lipinski definition) is 1. The van der Waals surface area contributed by atoms with Crippen LogP contribution in [0.15, 0.2) is 0 Å². The molecule has 92 valence electrons. The van der Waals surface area contributed by atoms with Crippen molar-refractivity contribution < 1.29 is 30.7 Å². The molecule has 0 radical (unpaired) electrons. The lowest BCUT2D eigenvalue weighted by Crippen LogP contribution is -2.39. The summed E-state index contributed by atoms with van der Waals surface area (Å²) < 4.78 is 81.9. The summed E-state index contributed by atoms with van der Waals surface area (Å²) in [6, 6.07) is 0. The first-order chi connectivity index (χ1) is 6.65. The molecule has 0 aliphatic carbocycles. The van der Waals surface area contributed by atoms with Crippen LogP contribution in [-0.2, 0) is 0 Å². The van der Waals surface area contributed by atoms with Gasteiger partial charge in [-0.25, -0.2) is 8.78 Å². The van der Waals surface area contributed by atoms with Crippen LogP contribution in [-0.4, -0.2) is 36.7 Å². The zero-order chi connectivity index (χ0) is 12.1. The van der Waals surface area contributed by atoms with Gasteiger partial charge in [0.2, 0.25) is 0 Å². The van der Waals surface area contributed by atoms with Crippen molar-refractivity contribution in [3.63, 3.8) is 0 Å². The fraction of sp³-hybridized carbons (Fsp3) is 1.00. The number of rotatable bonds is 6. The normalized spacial score (nSPS) is 13.6. The van der Waals surface area contributed by atoms with E-state index in [4.69, 9.17) is 0 Å². The lowest BCUT2D eigenvalue weighted by atomic mass is 10.3. The van der Waals surface area contributed by atoms with Gasteiger partial charge >= 0.3 is 17.9 Å². The van der Waals surface area contributed by atoms with E-state index in [0.717, 1.165) is 0 Å². The lowest BCUT2D eigenvalue weighted by molar-refractivity contribution is -0.124. The maximum absolute atomic E-state index is 12.2. The van der Waals surface area contributed by atoms with Crippen molar-refractivity contribution in [3.05, 3.63) is 0 Å². The molecule has 0 saturated heterocycles. The summed E-state index contributed by atoms with van der Waals surface area (Å²) >= 11 is -0.402. The largest absolute Gasteiger partial charge is 0.441 e. The van der Waals surface area contributed by atoms with Crippen molar-refractivity contribution in [1.29, 1.82) is 0 Å². The Kier molecular flexibility index (Phi) is 5.71. The maximum atomic E-state index is 12.2. The van der Waals surface area contributed by atoms with Gasteiger partial charge in [-0.1, -0.05) is 0 Å². The Labute approximate surface area is 85.4 Å². The molecule has 9 heteroatoms. The average molecular weight is 259 g/mol. The highest BCUT2D eigenvalue weighted by atomic mass is 32.2. The van der Waals surface area contributed by atoms with Crippen molar-refractivity contribution >= 4 is 11.8 Å². The number of thioether (sulfide) groups is 1. The van der Waals surface area contributed by atoms with E-state index in [9.17, 15) is 30.7 Å². The van der Waals surface area contributed by atoms with Crippen molar-refractivity contribution in [2.45, 2.75) is 17.9 Å². The number of hydrogen-bond acceptors (Lipinski definition) is 2. The zero-order valence-electron chi connectivity index (χ0n) is 7.25. The van der Waals surface area contributed by atoms with Crippen LogP contribution in [0.5, 0.6) is 0 Å². The Balaban J connectivity index is 3.55. The third-order valence-electron chi connectivity index (χ3n) is 1.22. The van der Waals surface area contributed by atoms with Crippen molar-refractivity contribution in [2.24, 2.45) is 0 Å². The molecule has 0 amide bonds. The molecule has 0 aromatic carbocycles. The minimum atomic E-state index is -4.44. The van der Waals surface area contributed by atoms with E-state index >= 15 is 0 Å². The van der Waals surface area contributed by atoms with Crippen molar-refractivity contribution in [1.82, 2.24) is 5.32 Å². The third kappa shape index (κ3) is 7.71. The van der Waals surface area contributed by atoms with Gasteiger partial charge in [0.1, 0.15) is 0 Å². The van der Waals surface area contributed by atoms with Gasteiger partial charge in [0.15, 0.2) is 0 Å². The lowest BCUT2D eigenvalue weighted by Gasteiger charge is -2.15. The molecule has 0 unspecified atom stereocenters. The van der Waals surface area contributed by atoms with E-state index in [0.29, 0.717) is 0 Å². The van der Waals surface area contributed by atoms with Crippen LogP contribution < -0.4 is 5.32 Å². The molecule has 15 heavy (non-hydrogen) atoms. The van der Waals surface area contributed by atoms with Gasteiger partial charge < -0.3 is 5.32 Å². The van der Waals surface area contributed by atoms with Crippen LogP contribution in [0, 0.1) is 0 Å². The van der Waals surface area contributed by atoms with E-state index < -0.39 is 48.5 Å². The predicted octanol–water partition coefficient (Wildman–Crippen LogP) is 2.73. The molecule has 0 atom stereocenters. The molecular weight excluding hydrogens is 251 g/mol. The van der Waals surface area contributed by atoms with Gasteiger partial charge in [0.05, 0.1) is 6.54 Å². The van der Waals surface area contributed by atoms with Crippen LogP contribution in [0.1, 0.15) is 0 Å². The van der Waals surface area contributed by atoms with Gasteiger partial charge in [-0.05, 0) is 11.8 Å².